The first-order valence-electron chi connectivity index (χ1n) is 10.6. The lowest BCUT2D eigenvalue weighted by Gasteiger charge is -2.47. The second-order valence-corrected chi connectivity index (χ2v) is 12.0. The van der Waals surface area contributed by atoms with Gasteiger partial charge in [-0.1, -0.05) is 0 Å². The summed E-state index contributed by atoms with van der Waals surface area (Å²) >= 11 is 9.82. The number of aliphatic hydroxyl groups is 9. The summed E-state index contributed by atoms with van der Waals surface area (Å²) in [5, 5.41) is 88.9. The maximum absolute atomic E-state index is 10.8. The lowest BCUT2D eigenvalue weighted by Crippen LogP contribution is -2.61. The highest BCUT2D eigenvalue weighted by Gasteiger charge is 2.52. The minimum absolute atomic E-state index is 0.472. The van der Waals surface area contributed by atoms with Crippen LogP contribution in [0.4, 0.5) is 0 Å². The molecule has 15 unspecified atom stereocenters. The molecule has 34 heavy (non-hydrogen) atoms. The van der Waals surface area contributed by atoms with Crippen LogP contribution in [0.25, 0.3) is 0 Å². The van der Waals surface area contributed by atoms with Crippen LogP contribution in [0.2, 0.25) is 0 Å². The Morgan fingerprint density at radius 2 is 0.941 bits per heavy atom. The fraction of sp³-hybridized carbons (Fsp3) is 1.00. The third kappa shape index (κ3) is 5.98. The van der Waals surface area contributed by atoms with Crippen molar-refractivity contribution in [2.75, 3.05) is 19.8 Å². The van der Waals surface area contributed by atoms with E-state index in [0.717, 1.165) is 23.5 Å². The summed E-state index contributed by atoms with van der Waals surface area (Å²) in [5.74, 6) is 0. The molecule has 0 amide bonds. The Bertz CT molecular complexity index is 648. The molecule has 15 atom stereocenters. The van der Waals surface area contributed by atoms with Crippen LogP contribution in [-0.2, 0) is 14.2 Å². The molecule has 3 aliphatic rings. The highest BCUT2D eigenvalue weighted by atomic mass is 32.2. The van der Waals surface area contributed by atoms with Crippen molar-refractivity contribution < 1.29 is 60.2 Å². The van der Waals surface area contributed by atoms with Gasteiger partial charge in [0.15, 0.2) is 0 Å². The van der Waals surface area contributed by atoms with Crippen molar-refractivity contribution in [1.29, 1.82) is 0 Å². The topological polar surface area (TPSA) is 210 Å². The number of hydrogen-bond donors (Lipinski definition) is 11. The minimum atomic E-state index is -1.54. The standard InChI is InChI=1S/C18H32O12S4/c19-1-4-13(31)7(22)11(26)17(29-4)34-15-6(3-21)30-18(12(27)9(15)24)33-14-5(2-20)28-16(32)10(25)8(14)23/h4-27,31-32H,1-3H2. The first-order chi connectivity index (χ1) is 16.0. The van der Waals surface area contributed by atoms with Crippen LogP contribution in [0.3, 0.4) is 0 Å². The van der Waals surface area contributed by atoms with Crippen LogP contribution in [0.5, 0.6) is 0 Å². The van der Waals surface area contributed by atoms with Crippen molar-refractivity contribution in [1.82, 2.24) is 0 Å². The van der Waals surface area contributed by atoms with Gasteiger partial charge in [0.2, 0.25) is 0 Å². The van der Waals surface area contributed by atoms with Crippen molar-refractivity contribution in [3.63, 3.8) is 0 Å². The van der Waals surface area contributed by atoms with Crippen LogP contribution >= 0.6 is 48.8 Å². The Morgan fingerprint density at radius 3 is 1.44 bits per heavy atom. The van der Waals surface area contributed by atoms with E-state index >= 15 is 0 Å². The predicted molar refractivity (Wildman–Crippen MR) is 128 cm³/mol. The molecule has 3 saturated heterocycles. The van der Waals surface area contributed by atoms with Crippen LogP contribution in [-0.4, -0.2) is 153 Å². The number of thioether (sulfide) groups is 2. The molecule has 0 spiro atoms. The Kier molecular flexibility index (Phi) is 11.0. The molecular weight excluding hydrogens is 536 g/mol. The maximum Gasteiger partial charge on any atom is 0.132 e. The molecule has 3 heterocycles. The minimum Gasteiger partial charge on any atom is -0.394 e. The van der Waals surface area contributed by atoms with Crippen molar-refractivity contribution in [2.24, 2.45) is 0 Å². The number of ether oxygens (including phenoxy) is 3. The molecule has 0 aromatic carbocycles. The Balaban J connectivity index is 1.72. The van der Waals surface area contributed by atoms with E-state index in [9.17, 15) is 46.0 Å². The summed E-state index contributed by atoms with van der Waals surface area (Å²) in [6.45, 7) is -1.57. The zero-order chi connectivity index (χ0) is 25.3. The van der Waals surface area contributed by atoms with Gasteiger partial charge in [-0.3, -0.25) is 0 Å². The van der Waals surface area contributed by atoms with Gasteiger partial charge in [0.05, 0.1) is 72.2 Å². The summed E-state index contributed by atoms with van der Waals surface area (Å²) in [6, 6.07) is 0. The van der Waals surface area contributed by atoms with Gasteiger partial charge in [-0.25, -0.2) is 0 Å². The molecule has 0 aliphatic carbocycles. The maximum atomic E-state index is 10.8. The summed E-state index contributed by atoms with van der Waals surface area (Å²) in [5.41, 5.74) is -3.34. The third-order valence-electron chi connectivity index (χ3n) is 6.09. The van der Waals surface area contributed by atoms with E-state index in [-0.39, 0.29) is 0 Å². The highest BCUT2D eigenvalue weighted by Crippen LogP contribution is 2.42. The lowest BCUT2D eigenvalue weighted by molar-refractivity contribution is -0.152. The van der Waals surface area contributed by atoms with Crippen LogP contribution in [0.15, 0.2) is 0 Å². The van der Waals surface area contributed by atoms with Gasteiger partial charge in [-0.05, 0) is 0 Å². The van der Waals surface area contributed by atoms with E-state index in [1.54, 1.807) is 0 Å². The Labute approximate surface area is 215 Å². The van der Waals surface area contributed by atoms with Crippen molar-refractivity contribution in [2.45, 2.75) is 87.0 Å². The largest absolute Gasteiger partial charge is 0.394 e. The highest BCUT2D eigenvalue weighted by molar-refractivity contribution is 8.01. The second kappa shape index (κ2) is 12.6. The molecule has 0 saturated carbocycles. The summed E-state index contributed by atoms with van der Waals surface area (Å²) in [4.78, 5) is 0. The van der Waals surface area contributed by atoms with Crippen LogP contribution in [0.1, 0.15) is 0 Å². The molecule has 0 aromatic rings. The van der Waals surface area contributed by atoms with Crippen molar-refractivity contribution in [3.05, 3.63) is 0 Å². The van der Waals surface area contributed by atoms with Gasteiger partial charge < -0.3 is 60.2 Å². The molecular formula is C18H32O12S4. The van der Waals surface area contributed by atoms with Gasteiger partial charge in [0.1, 0.15) is 34.6 Å². The van der Waals surface area contributed by atoms with Crippen molar-refractivity contribution in [3.8, 4) is 0 Å². The number of hydrogen-bond acceptors (Lipinski definition) is 16. The molecule has 200 valence electrons. The molecule has 16 heteroatoms. The quantitative estimate of drug-likeness (QED) is 0.131. The first kappa shape index (κ1) is 29.5. The van der Waals surface area contributed by atoms with Gasteiger partial charge >= 0.3 is 0 Å². The number of thiol groups is 2. The van der Waals surface area contributed by atoms with E-state index < -0.39 is 107 Å². The molecule has 0 radical (unpaired) electrons. The lowest BCUT2D eigenvalue weighted by atomic mass is 10.0. The van der Waals surface area contributed by atoms with Gasteiger partial charge in [0.25, 0.3) is 0 Å². The zero-order valence-corrected chi connectivity index (χ0v) is 21.2. The molecule has 0 bridgehead atoms. The number of aliphatic hydroxyl groups excluding tert-OH is 9. The first-order valence-corrected chi connectivity index (χ1v) is 13.5. The zero-order valence-electron chi connectivity index (χ0n) is 17.7. The van der Waals surface area contributed by atoms with Crippen LogP contribution in [0, 0.1) is 0 Å². The molecule has 9 N–H and O–H groups in total. The predicted octanol–water partition coefficient (Wildman–Crippen LogP) is -4.26. The number of rotatable bonds is 7. The fourth-order valence-corrected chi connectivity index (χ4v) is 7.70. The van der Waals surface area contributed by atoms with E-state index in [2.05, 4.69) is 25.3 Å². The summed E-state index contributed by atoms with van der Waals surface area (Å²) < 4.78 is 16.8. The smallest absolute Gasteiger partial charge is 0.132 e. The molecule has 12 nitrogen and oxygen atoms in total. The van der Waals surface area contributed by atoms with E-state index in [1.165, 1.54) is 0 Å². The fourth-order valence-electron chi connectivity index (χ4n) is 4.06. The molecule has 0 aromatic heterocycles. The summed E-state index contributed by atoms with van der Waals surface area (Å²) in [6.07, 6.45) is -11.5. The van der Waals surface area contributed by atoms with Crippen molar-refractivity contribution >= 4 is 48.8 Å². The van der Waals surface area contributed by atoms with Gasteiger partial charge in [-0.2, -0.15) is 12.6 Å². The van der Waals surface area contributed by atoms with E-state index in [1.807, 2.05) is 0 Å². The monoisotopic (exact) mass is 568 g/mol. The van der Waals surface area contributed by atoms with Gasteiger partial charge in [0, 0.05) is 0 Å². The molecule has 3 fully saturated rings. The van der Waals surface area contributed by atoms with Gasteiger partial charge in [-0.15, -0.1) is 36.2 Å². The second-order valence-electron chi connectivity index (χ2n) is 8.33. The molecule has 3 rings (SSSR count). The van der Waals surface area contributed by atoms with E-state index in [4.69, 9.17) is 14.2 Å². The average molecular weight is 569 g/mol. The van der Waals surface area contributed by atoms with E-state index in [0.29, 0.717) is 0 Å². The Hall–Kier alpha value is 0.920. The Morgan fingerprint density at radius 1 is 0.529 bits per heavy atom. The summed E-state index contributed by atoms with van der Waals surface area (Å²) in [7, 11) is 0. The molecule has 3 aliphatic heterocycles. The normalized spacial score (nSPS) is 52.5. The third-order valence-corrected chi connectivity index (χ3v) is 10.3. The SMILES string of the molecule is OCC1OC(SC2C(CO)OC(SC3C(CO)OC(S)C(O)C3O)C(O)C2O)C(O)C(O)C1S. The average Bonchev–Trinajstić information content (AvgIpc) is 2.83. The van der Waals surface area contributed by atoms with Crippen LogP contribution < -0.4 is 0 Å².